The van der Waals surface area contributed by atoms with Crippen LogP contribution in [-0.2, 0) is 10.0 Å². The van der Waals surface area contributed by atoms with Crippen LogP contribution in [0.3, 0.4) is 0 Å². The van der Waals surface area contributed by atoms with Gasteiger partial charge in [0.15, 0.2) is 0 Å². The first-order valence-corrected chi connectivity index (χ1v) is 8.55. The number of aromatic amines is 1. The van der Waals surface area contributed by atoms with E-state index in [4.69, 9.17) is 11.6 Å². The van der Waals surface area contributed by atoms with E-state index in [0.29, 0.717) is 28.7 Å². The molecule has 0 aromatic carbocycles. The lowest BCUT2D eigenvalue weighted by Gasteiger charge is -2.24. The highest BCUT2D eigenvalue weighted by molar-refractivity contribution is 7.89. The van der Waals surface area contributed by atoms with Crippen molar-refractivity contribution in [2.45, 2.75) is 50.5 Å². The Kier molecular flexibility index (Phi) is 4.53. The van der Waals surface area contributed by atoms with E-state index >= 15 is 0 Å². The van der Waals surface area contributed by atoms with Crippen LogP contribution >= 0.6 is 11.6 Å². The zero-order valence-electron chi connectivity index (χ0n) is 11.3. The Hall–Kier alpha value is -0.590. The van der Waals surface area contributed by atoms with Gasteiger partial charge < -0.3 is 0 Å². The van der Waals surface area contributed by atoms with Crippen LogP contribution < -0.4 is 0 Å². The molecule has 1 N–H and O–H groups in total. The maximum absolute atomic E-state index is 12.7. The number of alkyl halides is 1. The van der Waals surface area contributed by atoms with Crippen molar-refractivity contribution >= 4 is 21.6 Å². The Labute approximate surface area is 119 Å². The van der Waals surface area contributed by atoms with E-state index in [0.717, 1.165) is 25.7 Å². The van der Waals surface area contributed by atoms with Crippen LogP contribution in [0.1, 0.15) is 37.1 Å². The van der Waals surface area contributed by atoms with Crippen molar-refractivity contribution < 1.29 is 8.42 Å². The zero-order valence-corrected chi connectivity index (χ0v) is 12.9. The molecule has 1 unspecified atom stereocenters. The molecule has 0 bridgehead atoms. The molecular weight excluding hydrogens is 286 g/mol. The first-order valence-electron chi connectivity index (χ1n) is 6.58. The molecule has 1 aliphatic heterocycles. The molecule has 5 nitrogen and oxygen atoms in total. The van der Waals surface area contributed by atoms with Crippen molar-refractivity contribution in [2.75, 3.05) is 12.4 Å². The molecule has 0 amide bonds. The lowest BCUT2D eigenvalue weighted by Crippen LogP contribution is -2.36. The number of aryl methyl sites for hydroxylation is 2. The molecule has 19 heavy (non-hydrogen) atoms. The molecule has 2 rings (SSSR count). The van der Waals surface area contributed by atoms with Crippen molar-refractivity contribution in [3.05, 3.63) is 11.4 Å². The molecule has 1 atom stereocenters. The van der Waals surface area contributed by atoms with Gasteiger partial charge in [-0.15, -0.1) is 11.6 Å². The number of hydrogen-bond donors (Lipinski definition) is 1. The van der Waals surface area contributed by atoms with Gasteiger partial charge in [0.05, 0.1) is 11.4 Å². The van der Waals surface area contributed by atoms with Crippen molar-refractivity contribution in [3.63, 3.8) is 0 Å². The molecule has 1 saturated heterocycles. The number of sulfonamides is 1. The summed E-state index contributed by atoms with van der Waals surface area (Å²) < 4.78 is 27.1. The van der Waals surface area contributed by atoms with Gasteiger partial charge >= 0.3 is 0 Å². The Morgan fingerprint density at radius 1 is 1.47 bits per heavy atom. The van der Waals surface area contributed by atoms with Crippen molar-refractivity contribution in [3.8, 4) is 0 Å². The fraction of sp³-hybridized carbons (Fsp3) is 0.750. The van der Waals surface area contributed by atoms with Crippen LogP contribution in [0.4, 0.5) is 0 Å². The van der Waals surface area contributed by atoms with E-state index < -0.39 is 10.0 Å². The molecule has 1 fully saturated rings. The predicted molar refractivity (Wildman–Crippen MR) is 74.9 cm³/mol. The van der Waals surface area contributed by atoms with E-state index in [1.54, 1.807) is 18.2 Å². The average Bonchev–Trinajstić information content (AvgIpc) is 2.94. The lowest BCUT2D eigenvalue weighted by molar-refractivity contribution is 0.368. The summed E-state index contributed by atoms with van der Waals surface area (Å²) in [5, 5.41) is 6.74. The van der Waals surface area contributed by atoms with Crippen LogP contribution in [0.2, 0.25) is 0 Å². The molecule has 1 aliphatic rings. The van der Waals surface area contributed by atoms with Crippen LogP contribution in [0, 0.1) is 13.8 Å². The SMILES string of the molecule is Cc1n[nH]c(C)c1S(=O)(=O)N1CCCC1CCCCl. The topological polar surface area (TPSA) is 66.1 Å². The molecule has 0 saturated carbocycles. The van der Waals surface area contributed by atoms with E-state index in [-0.39, 0.29) is 6.04 Å². The second-order valence-electron chi connectivity index (χ2n) is 5.01. The van der Waals surface area contributed by atoms with Crippen molar-refractivity contribution in [1.29, 1.82) is 0 Å². The van der Waals surface area contributed by atoms with E-state index in [1.807, 2.05) is 0 Å². The van der Waals surface area contributed by atoms with E-state index in [2.05, 4.69) is 10.2 Å². The summed E-state index contributed by atoms with van der Waals surface area (Å²) in [5.41, 5.74) is 1.15. The summed E-state index contributed by atoms with van der Waals surface area (Å²) in [4.78, 5) is 0.338. The van der Waals surface area contributed by atoms with Crippen LogP contribution in [0.5, 0.6) is 0 Å². The second-order valence-corrected chi connectivity index (χ2v) is 7.21. The largest absolute Gasteiger partial charge is 0.281 e. The zero-order chi connectivity index (χ0) is 14.0. The summed E-state index contributed by atoms with van der Waals surface area (Å²) in [5.74, 6) is 0.578. The average molecular weight is 306 g/mol. The third-order valence-corrected chi connectivity index (χ3v) is 6.10. The third-order valence-electron chi connectivity index (χ3n) is 3.62. The van der Waals surface area contributed by atoms with Gasteiger partial charge in [0.1, 0.15) is 4.90 Å². The summed E-state index contributed by atoms with van der Waals surface area (Å²) in [7, 11) is -3.44. The fourth-order valence-corrected chi connectivity index (χ4v) is 4.98. The van der Waals surface area contributed by atoms with Gasteiger partial charge in [-0.1, -0.05) is 0 Å². The van der Waals surface area contributed by atoms with Crippen LogP contribution in [-0.4, -0.2) is 41.4 Å². The third kappa shape index (κ3) is 2.80. The molecule has 7 heteroatoms. The minimum absolute atomic E-state index is 0.0810. The number of nitrogens with zero attached hydrogens (tertiary/aromatic N) is 2. The minimum atomic E-state index is -3.44. The van der Waals surface area contributed by atoms with Gasteiger partial charge in [-0.2, -0.15) is 9.40 Å². The normalized spacial score (nSPS) is 21.1. The Balaban J connectivity index is 2.29. The van der Waals surface area contributed by atoms with Gasteiger partial charge in [0.25, 0.3) is 0 Å². The Morgan fingerprint density at radius 3 is 2.79 bits per heavy atom. The maximum Gasteiger partial charge on any atom is 0.246 e. The van der Waals surface area contributed by atoms with E-state index in [1.165, 1.54) is 0 Å². The van der Waals surface area contributed by atoms with Crippen LogP contribution in [0.25, 0.3) is 0 Å². The molecule has 1 aromatic rings. The predicted octanol–water partition coefficient (Wildman–Crippen LogP) is 2.20. The number of rotatable bonds is 5. The highest BCUT2D eigenvalue weighted by Crippen LogP contribution is 2.30. The summed E-state index contributed by atoms with van der Waals surface area (Å²) >= 11 is 5.71. The highest BCUT2D eigenvalue weighted by atomic mass is 35.5. The number of H-pyrrole nitrogens is 1. The highest BCUT2D eigenvalue weighted by Gasteiger charge is 2.37. The van der Waals surface area contributed by atoms with Gasteiger partial charge in [-0.25, -0.2) is 8.42 Å². The number of hydrogen-bond acceptors (Lipinski definition) is 3. The monoisotopic (exact) mass is 305 g/mol. The van der Waals surface area contributed by atoms with E-state index in [9.17, 15) is 8.42 Å². The summed E-state index contributed by atoms with van der Waals surface area (Å²) in [6.07, 6.45) is 3.52. The molecule has 0 radical (unpaired) electrons. The molecule has 0 aliphatic carbocycles. The Morgan fingerprint density at radius 2 is 2.21 bits per heavy atom. The van der Waals surface area contributed by atoms with Gasteiger partial charge in [0.2, 0.25) is 10.0 Å². The van der Waals surface area contributed by atoms with Gasteiger partial charge in [-0.3, -0.25) is 5.10 Å². The number of halogens is 1. The molecule has 108 valence electrons. The molecule has 1 aromatic heterocycles. The fourth-order valence-electron chi connectivity index (χ4n) is 2.76. The number of nitrogens with one attached hydrogen (secondary N) is 1. The standard InChI is InChI=1S/C12H20ClN3O2S/c1-9-12(10(2)15-14-9)19(17,18)16-8-4-6-11(16)5-3-7-13/h11H,3-8H2,1-2H3,(H,14,15). The molecule has 0 spiro atoms. The maximum atomic E-state index is 12.7. The first kappa shape index (κ1) is 14.8. The number of aromatic nitrogens is 2. The van der Waals surface area contributed by atoms with Crippen molar-refractivity contribution in [2.24, 2.45) is 0 Å². The lowest BCUT2D eigenvalue weighted by atomic mass is 10.1. The van der Waals surface area contributed by atoms with Crippen molar-refractivity contribution in [1.82, 2.24) is 14.5 Å². The molecular formula is C12H20ClN3O2S. The Bertz CT molecular complexity index is 522. The van der Waals surface area contributed by atoms with Crippen LogP contribution in [0.15, 0.2) is 4.90 Å². The first-order chi connectivity index (χ1) is 8.98. The minimum Gasteiger partial charge on any atom is -0.281 e. The van der Waals surface area contributed by atoms with Gasteiger partial charge in [0, 0.05) is 18.5 Å². The molecule has 2 heterocycles. The quantitative estimate of drug-likeness (QED) is 0.848. The summed E-state index contributed by atoms with van der Waals surface area (Å²) in [6.45, 7) is 4.07. The van der Waals surface area contributed by atoms with Gasteiger partial charge in [-0.05, 0) is 39.5 Å². The summed E-state index contributed by atoms with van der Waals surface area (Å²) in [6, 6.07) is 0.0810. The smallest absolute Gasteiger partial charge is 0.246 e. The second kappa shape index (κ2) is 5.81.